The molecule has 0 bridgehead atoms. The molecule has 0 unspecified atom stereocenters. The molecule has 2 aromatic carbocycles. The molecule has 0 aliphatic rings. The summed E-state index contributed by atoms with van der Waals surface area (Å²) in [7, 11) is -3.75. The molecule has 1 N–H and O–H groups in total. The van der Waals surface area contributed by atoms with Crippen molar-refractivity contribution in [3.63, 3.8) is 0 Å². The predicted octanol–water partition coefficient (Wildman–Crippen LogP) is 3.66. The Balaban J connectivity index is 2.59. The van der Waals surface area contributed by atoms with Crippen molar-refractivity contribution < 1.29 is 18.3 Å². The molecular weight excluding hydrogens is 361 g/mol. The van der Waals surface area contributed by atoms with Crippen LogP contribution < -0.4 is 4.31 Å². The average molecular weight is 374 g/mol. The van der Waals surface area contributed by atoms with Crippen LogP contribution >= 0.6 is 23.2 Å². The summed E-state index contributed by atoms with van der Waals surface area (Å²) in [5.41, 5.74) is 0.334. The lowest BCUT2D eigenvalue weighted by atomic mass is 10.1. The number of para-hydroxylation sites is 1. The maximum Gasteiger partial charge on any atom is 0.337 e. The lowest BCUT2D eigenvalue weighted by Crippen LogP contribution is -2.31. The molecule has 2 rings (SSSR count). The Labute approximate surface area is 144 Å². The maximum absolute atomic E-state index is 12.2. The van der Waals surface area contributed by atoms with E-state index in [0.29, 0.717) is 15.6 Å². The molecule has 0 heterocycles. The molecule has 0 saturated carbocycles. The van der Waals surface area contributed by atoms with E-state index in [9.17, 15) is 18.3 Å². The highest BCUT2D eigenvalue weighted by molar-refractivity contribution is 7.92. The van der Waals surface area contributed by atoms with Crippen LogP contribution in [-0.2, 0) is 16.6 Å². The molecule has 122 valence electrons. The lowest BCUT2D eigenvalue weighted by Gasteiger charge is -2.25. The van der Waals surface area contributed by atoms with Crippen molar-refractivity contribution in [2.75, 3.05) is 10.6 Å². The van der Waals surface area contributed by atoms with Crippen molar-refractivity contribution in [1.82, 2.24) is 0 Å². The van der Waals surface area contributed by atoms with Gasteiger partial charge in [0.2, 0.25) is 10.0 Å². The first-order chi connectivity index (χ1) is 10.7. The molecule has 0 radical (unpaired) electrons. The molecule has 0 spiro atoms. The van der Waals surface area contributed by atoms with Gasteiger partial charge in [-0.05, 0) is 24.3 Å². The molecule has 5 nitrogen and oxygen atoms in total. The van der Waals surface area contributed by atoms with Gasteiger partial charge in [-0.25, -0.2) is 13.2 Å². The fourth-order valence-corrected chi connectivity index (χ4v) is 3.48. The minimum Gasteiger partial charge on any atom is -0.478 e. The third-order valence-corrected chi connectivity index (χ3v) is 5.00. The minimum atomic E-state index is -3.75. The van der Waals surface area contributed by atoms with E-state index in [1.165, 1.54) is 18.2 Å². The number of aromatic carboxylic acids is 1. The monoisotopic (exact) mass is 373 g/mol. The Hall–Kier alpha value is -1.76. The normalized spacial score (nSPS) is 11.3. The van der Waals surface area contributed by atoms with Crippen LogP contribution in [0.4, 0.5) is 5.69 Å². The number of benzene rings is 2. The van der Waals surface area contributed by atoms with E-state index in [1.54, 1.807) is 24.3 Å². The first-order valence-electron chi connectivity index (χ1n) is 6.44. The van der Waals surface area contributed by atoms with E-state index in [-0.39, 0.29) is 17.8 Å². The van der Waals surface area contributed by atoms with Crippen molar-refractivity contribution >= 4 is 44.9 Å². The second-order valence-electron chi connectivity index (χ2n) is 4.79. The second-order valence-corrected chi connectivity index (χ2v) is 7.51. The number of hydrogen-bond acceptors (Lipinski definition) is 3. The van der Waals surface area contributed by atoms with Crippen LogP contribution in [-0.4, -0.2) is 25.7 Å². The van der Waals surface area contributed by atoms with E-state index in [1.807, 2.05) is 0 Å². The van der Waals surface area contributed by atoms with E-state index in [4.69, 9.17) is 23.2 Å². The summed E-state index contributed by atoms with van der Waals surface area (Å²) in [4.78, 5) is 11.4. The van der Waals surface area contributed by atoms with Gasteiger partial charge in [-0.15, -0.1) is 0 Å². The number of carboxylic acid groups (broad SMARTS) is 1. The summed E-state index contributed by atoms with van der Waals surface area (Å²) in [5.74, 6) is -1.22. The summed E-state index contributed by atoms with van der Waals surface area (Å²) >= 11 is 12.2. The number of nitrogens with zero attached hydrogens (tertiary/aromatic N) is 1. The number of halogens is 2. The van der Waals surface area contributed by atoms with E-state index in [0.717, 1.165) is 10.6 Å². The molecule has 0 aliphatic carbocycles. The van der Waals surface area contributed by atoms with Gasteiger partial charge in [-0.2, -0.15) is 0 Å². The maximum atomic E-state index is 12.2. The van der Waals surface area contributed by atoms with Gasteiger partial charge in [0, 0.05) is 15.6 Å². The molecule has 0 amide bonds. The fraction of sp³-hybridized carbons (Fsp3) is 0.133. The van der Waals surface area contributed by atoms with Gasteiger partial charge in [-0.1, -0.05) is 41.4 Å². The summed E-state index contributed by atoms with van der Waals surface area (Å²) in [6.45, 7) is -0.165. The summed E-state index contributed by atoms with van der Waals surface area (Å²) in [5, 5.41) is 9.89. The lowest BCUT2D eigenvalue weighted by molar-refractivity contribution is 0.0697. The molecular formula is C15H13Cl2NO4S. The average Bonchev–Trinajstić information content (AvgIpc) is 2.45. The molecule has 8 heteroatoms. The predicted molar refractivity (Wildman–Crippen MR) is 90.9 cm³/mol. The zero-order chi connectivity index (χ0) is 17.2. The first-order valence-corrected chi connectivity index (χ1v) is 9.05. The Morgan fingerprint density at radius 3 is 2.17 bits per heavy atom. The Morgan fingerprint density at radius 1 is 1.09 bits per heavy atom. The molecule has 0 fully saturated rings. The van der Waals surface area contributed by atoms with Crippen molar-refractivity contribution in [3.8, 4) is 0 Å². The SMILES string of the molecule is CS(=O)(=O)N(Cc1c(Cl)cccc1Cl)c1ccccc1C(=O)O. The van der Waals surface area contributed by atoms with Crippen molar-refractivity contribution in [3.05, 3.63) is 63.6 Å². The molecule has 0 aromatic heterocycles. The third kappa shape index (κ3) is 3.96. The number of rotatable bonds is 5. The van der Waals surface area contributed by atoms with E-state index in [2.05, 4.69) is 0 Å². The topological polar surface area (TPSA) is 74.7 Å². The third-order valence-electron chi connectivity index (χ3n) is 3.17. The van der Waals surface area contributed by atoms with Crippen molar-refractivity contribution in [1.29, 1.82) is 0 Å². The van der Waals surface area contributed by atoms with E-state index < -0.39 is 16.0 Å². The Morgan fingerprint density at radius 2 is 1.65 bits per heavy atom. The number of carboxylic acids is 1. The zero-order valence-electron chi connectivity index (χ0n) is 12.0. The number of hydrogen-bond donors (Lipinski definition) is 1. The van der Waals surface area contributed by atoms with Crippen LogP contribution in [0.15, 0.2) is 42.5 Å². The summed E-state index contributed by atoms with van der Waals surface area (Å²) in [6, 6.07) is 10.7. The van der Waals surface area contributed by atoms with E-state index >= 15 is 0 Å². The smallest absolute Gasteiger partial charge is 0.337 e. The van der Waals surface area contributed by atoms with Crippen LogP contribution in [0.3, 0.4) is 0 Å². The zero-order valence-corrected chi connectivity index (χ0v) is 14.4. The van der Waals surface area contributed by atoms with Gasteiger partial charge in [0.1, 0.15) is 0 Å². The largest absolute Gasteiger partial charge is 0.478 e. The Kier molecular flexibility index (Phi) is 5.19. The number of carbonyl (C=O) groups is 1. The van der Waals surface area contributed by atoms with Crippen LogP contribution in [0, 0.1) is 0 Å². The van der Waals surface area contributed by atoms with Gasteiger partial charge in [0.05, 0.1) is 24.1 Å². The Bertz CT molecular complexity index is 832. The van der Waals surface area contributed by atoms with Gasteiger partial charge >= 0.3 is 5.97 Å². The highest BCUT2D eigenvalue weighted by atomic mass is 35.5. The van der Waals surface area contributed by atoms with Crippen molar-refractivity contribution in [2.45, 2.75) is 6.54 Å². The standard InChI is InChI=1S/C15H13Cl2NO4S/c1-23(21,22)18(9-11-12(16)6-4-7-13(11)17)14-8-3-2-5-10(14)15(19)20/h2-8H,9H2,1H3,(H,19,20). The fourth-order valence-electron chi connectivity index (χ4n) is 2.08. The van der Waals surface area contributed by atoms with Crippen LogP contribution in [0.25, 0.3) is 0 Å². The van der Waals surface area contributed by atoms with Gasteiger partial charge in [0.25, 0.3) is 0 Å². The highest BCUT2D eigenvalue weighted by Crippen LogP contribution is 2.30. The van der Waals surface area contributed by atoms with Crippen LogP contribution in [0.2, 0.25) is 10.0 Å². The first kappa shape index (κ1) is 17.6. The summed E-state index contributed by atoms with van der Waals surface area (Å²) < 4.78 is 25.3. The molecule has 0 aliphatic heterocycles. The summed E-state index contributed by atoms with van der Waals surface area (Å²) in [6.07, 6.45) is 0.996. The van der Waals surface area contributed by atoms with Crippen LogP contribution in [0.5, 0.6) is 0 Å². The molecule has 23 heavy (non-hydrogen) atoms. The quantitative estimate of drug-likeness (QED) is 0.867. The second kappa shape index (κ2) is 6.78. The van der Waals surface area contributed by atoms with Gasteiger partial charge in [0.15, 0.2) is 0 Å². The molecule has 0 atom stereocenters. The minimum absolute atomic E-state index is 0.0542. The highest BCUT2D eigenvalue weighted by Gasteiger charge is 2.24. The number of anilines is 1. The van der Waals surface area contributed by atoms with Gasteiger partial charge in [-0.3, -0.25) is 4.31 Å². The number of sulfonamides is 1. The van der Waals surface area contributed by atoms with Crippen molar-refractivity contribution in [2.24, 2.45) is 0 Å². The van der Waals surface area contributed by atoms with Gasteiger partial charge < -0.3 is 5.11 Å². The van der Waals surface area contributed by atoms with Crippen LogP contribution in [0.1, 0.15) is 15.9 Å². The molecule has 2 aromatic rings. The molecule has 0 saturated heterocycles.